The summed E-state index contributed by atoms with van der Waals surface area (Å²) in [7, 11) is 0. The predicted molar refractivity (Wildman–Crippen MR) is 106 cm³/mol. The number of hydrogen-bond donors (Lipinski definition) is 0. The van der Waals surface area contributed by atoms with Crippen LogP contribution < -0.4 is 10.5 Å². The highest BCUT2D eigenvalue weighted by molar-refractivity contribution is 5.94. The molecule has 5 rings (SSSR count). The third kappa shape index (κ3) is 2.82. The maximum atomic E-state index is 13.0. The van der Waals surface area contributed by atoms with Crippen molar-refractivity contribution in [3.63, 3.8) is 0 Å². The first-order chi connectivity index (χ1) is 13.7. The minimum absolute atomic E-state index is 0.0156. The van der Waals surface area contributed by atoms with E-state index in [9.17, 15) is 9.59 Å². The fraction of sp³-hybridized carbons (Fsp3) is 0.429. The zero-order chi connectivity index (χ0) is 19.1. The zero-order valence-electron chi connectivity index (χ0n) is 15.8. The summed E-state index contributed by atoms with van der Waals surface area (Å²) in [5.74, 6) is 0.849. The molecular formula is C21H23N5O2. The molecule has 2 aliphatic rings. The molecule has 3 aromatic rings. The summed E-state index contributed by atoms with van der Waals surface area (Å²) in [5, 5.41) is 0. The van der Waals surface area contributed by atoms with E-state index in [4.69, 9.17) is 0 Å². The molecular weight excluding hydrogens is 354 g/mol. The molecule has 4 heterocycles. The molecule has 2 aliphatic heterocycles. The molecule has 0 aliphatic carbocycles. The molecule has 0 fully saturated rings. The van der Waals surface area contributed by atoms with Gasteiger partial charge in [0.05, 0.1) is 0 Å². The zero-order valence-corrected chi connectivity index (χ0v) is 15.8. The van der Waals surface area contributed by atoms with Crippen molar-refractivity contribution in [2.45, 2.75) is 51.6 Å². The van der Waals surface area contributed by atoms with Crippen LogP contribution in [0.1, 0.15) is 37.1 Å². The Kier molecular flexibility index (Phi) is 4.22. The van der Waals surface area contributed by atoms with E-state index in [-0.39, 0.29) is 18.0 Å². The van der Waals surface area contributed by atoms with E-state index < -0.39 is 0 Å². The van der Waals surface area contributed by atoms with Crippen molar-refractivity contribution in [1.29, 1.82) is 0 Å². The number of carbonyl (C=O) groups is 1. The number of carbonyl (C=O) groups excluding carboxylic acids is 1. The highest BCUT2D eigenvalue weighted by Crippen LogP contribution is 2.27. The van der Waals surface area contributed by atoms with E-state index in [0.717, 1.165) is 50.2 Å². The predicted octanol–water partition coefficient (Wildman–Crippen LogP) is 2.30. The van der Waals surface area contributed by atoms with Gasteiger partial charge in [0.25, 0.3) is 5.56 Å². The van der Waals surface area contributed by atoms with Crippen molar-refractivity contribution in [3.05, 3.63) is 52.3 Å². The highest BCUT2D eigenvalue weighted by Gasteiger charge is 2.24. The van der Waals surface area contributed by atoms with Crippen LogP contribution in [0.4, 0.5) is 5.69 Å². The lowest BCUT2D eigenvalue weighted by Gasteiger charge is -2.29. The van der Waals surface area contributed by atoms with E-state index in [1.165, 1.54) is 22.9 Å². The second-order valence-electron chi connectivity index (χ2n) is 7.62. The second-order valence-corrected chi connectivity index (χ2v) is 7.62. The minimum atomic E-state index is -0.232. The number of para-hydroxylation sites is 1. The van der Waals surface area contributed by atoms with Crippen LogP contribution in [0, 0.1) is 0 Å². The smallest absolute Gasteiger partial charge is 0.282 e. The number of fused-ring (bicyclic) bond motifs is 4. The highest BCUT2D eigenvalue weighted by atomic mass is 16.2. The standard InChI is InChI=1S/C21H23N5O2/c27-18(25-12-6-8-15-7-3-4-9-16(15)25)13-24-14-22-20-19(21(24)28)23-17-10-2-1-5-11-26(17)20/h3-4,7,9,14H,1-2,5-6,8,10-13H2. The summed E-state index contributed by atoms with van der Waals surface area (Å²) in [6.07, 6.45) is 7.63. The number of benzene rings is 1. The van der Waals surface area contributed by atoms with E-state index in [1.807, 2.05) is 18.2 Å². The van der Waals surface area contributed by atoms with Gasteiger partial charge in [-0.1, -0.05) is 24.6 Å². The number of rotatable bonds is 2. The van der Waals surface area contributed by atoms with Gasteiger partial charge in [-0.2, -0.15) is 0 Å². The molecule has 2 aromatic heterocycles. The number of amides is 1. The Labute approximate surface area is 162 Å². The average molecular weight is 377 g/mol. The largest absolute Gasteiger partial charge is 0.312 e. The molecule has 28 heavy (non-hydrogen) atoms. The van der Waals surface area contributed by atoms with Crippen molar-refractivity contribution in [3.8, 4) is 0 Å². The van der Waals surface area contributed by atoms with Crippen LogP contribution in [0.2, 0.25) is 0 Å². The first-order valence-corrected chi connectivity index (χ1v) is 10.1. The van der Waals surface area contributed by atoms with Crippen molar-refractivity contribution in [1.82, 2.24) is 19.1 Å². The molecule has 0 unspecified atom stereocenters. The van der Waals surface area contributed by atoms with E-state index in [2.05, 4.69) is 20.6 Å². The van der Waals surface area contributed by atoms with Crippen molar-refractivity contribution < 1.29 is 4.79 Å². The molecule has 7 nitrogen and oxygen atoms in total. The lowest BCUT2D eigenvalue weighted by Crippen LogP contribution is -2.39. The van der Waals surface area contributed by atoms with Gasteiger partial charge >= 0.3 is 0 Å². The Morgan fingerprint density at radius 1 is 1.04 bits per heavy atom. The van der Waals surface area contributed by atoms with E-state index in [1.54, 1.807) is 4.90 Å². The maximum absolute atomic E-state index is 13.0. The number of hydrogen-bond acceptors (Lipinski definition) is 4. The van der Waals surface area contributed by atoms with Gasteiger partial charge in [-0.15, -0.1) is 0 Å². The number of imidazole rings is 1. The fourth-order valence-corrected chi connectivity index (χ4v) is 4.37. The third-order valence-corrected chi connectivity index (χ3v) is 5.80. The molecule has 1 aromatic carbocycles. The van der Waals surface area contributed by atoms with Gasteiger partial charge in [0.1, 0.15) is 18.7 Å². The molecule has 0 saturated carbocycles. The van der Waals surface area contributed by atoms with Crippen LogP contribution >= 0.6 is 0 Å². The Hall–Kier alpha value is -2.96. The third-order valence-electron chi connectivity index (χ3n) is 5.80. The topological polar surface area (TPSA) is 73.0 Å². The summed E-state index contributed by atoms with van der Waals surface area (Å²) >= 11 is 0. The molecule has 0 radical (unpaired) electrons. The molecule has 7 heteroatoms. The van der Waals surface area contributed by atoms with Gasteiger partial charge in [-0.05, 0) is 37.3 Å². The van der Waals surface area contributed by atoms with Crippen LogP contribution in [0.3, 0.4) is 0 Å². The van der Waals surface area contributed by atoms with Gasteiger partial charge in [0.2, 0.25) is 5.91 Å². The summed E-state index contributed by atoms with van der Waals surface area (Å²) in [6, 6.07) is 7.98. The van der Waals surface area contributed by atoms with Gasteiger partial charge in [0.15, 0.2) is 11.2 Å². The summed E-state index contributed by atoms with van der Waals surface area (Å²) in [5.41, 5.74) is 2.93. The lowest BCUT2D eigenvalue weighted by atomic mass is 10.0. The van der Waals surface area contributed by atoms with Crippen molar-refractivity contribution >= 4 is 22.8 Å². The Bertz CT molecular complexity index is 1110. The first kappa shape index (κ1) is 17.2. The average Bonchev–Trinajstić information content (AvgIpc) is 2.91. The quantitative estimate of drug-likeness (QED) is 0.687. The molecule has 0 bridgehead atoms. The number of aryl methyl sites for hydroxylation is 3. The second kappa shape index (κ2) is 6.89. The molecule has 1 amide bonds. The van der Waals surface area contributed by atoms with E-state index >= 15 is 0 Å². The van der Waals surface area contributed by atoms with Gasteiger partial charge in [-0.25, -0.2) is 9.97 Å². The van der Waals surface area contributed by atoms with Crippen LogP contribution in [-0.4, -0.2) is 31.6 Å². The van der Waals surface area contributed by atoms with Gasteiger partial charge < -0.3 is 9.47 Å². The molecule has 0 spiro atoms. The summed E-state index contributed by atoms with van der Waals surface area (Å²) in [4.78, 5) is 36.8. The van der Waals surface area contributed by atoms with Gasteiger partial charge in [0, 0.05) is 25.2 Å². The lowest BCUT2D eigenvalue weighted by molar-refractivity contribution is -0.119. The minimum Gasteiger partial charge on any atom is -0.312 e. The summed E-state index contributed by atoms with van der Waals surface area (Å²) in [6.45, 7) is 1.52. The van der Waals surface area contributed by atoms with Gasteiger partial charge in [-0.3, -0.25) is 14.2 Å². The number of aromatic nitrogens is 4. The Morgan fingerprint density at radius 2 is 1.93 bits per heavy atom. The van der Waals surface area contributed by atoms with Crippen LogP contribution in [0.5, 0.6) is 0 Å². The number of anilines is 1. The first-order valence-electron chi connectivity index (χ1n) is 10.1. The normalized spacial score (nSPS) is 16.5. The van der Waals surface area contributed by atoms with Crippen LogP contribution in [0.25, 0.3) is 11.2 Å². The maximum Gasteiger partial charge on any atom is 0.282 e. The number of nitrogens with zero attached hydrogens (tertiary/aromatic N) is 5. The van der Waals surface area contributed by atoms with Crippen LogP contribution in [-0.2, 0) is 30.7 Å². The van der Waals surface area contributed by atoms with E-state index in [0.29, 0.717) is 17.7 Å². The SMILES string of the molecule is O=C(Cn1cnc2c(nc3n2CCCCC3)c1=O)N1CCCc2ccccc21. The molecule has 0 N–H and O–H groups in total. The fourth-order valence-electron chi connectivity index (χ4n) is 4.37. The molecule has 0 atom stereocenters. The monoisotopic (exact) mass is 377 g/mol. The van der Waals surface area contributed by atoms with Crippen LogP contribution in [0.15, 0.2) is 35.4 Å². The Morgan fingerprint density at radius 3 is 2.86 bits per heavy atom. The Balaban J connectivity index is 1.47. The van der Waals surface area contributed by atoms with Crippen molar-refractivity contribution in [2.24, 2.45) is 0 Å². The van der Waals surface area contributed by atoms with Crippen molar-refractivity contribution in [2.75, 3.05) is 11.4 Å². The molecule has 0 saturated heterocycles. The summed E-state index contributed by atoms with van der Waals surface area (Å²) < 4.78 is 3.46. The molecule has 144 valence electrons.